The number of rotatable bonds is 9. The lowest BCUT2D eigenvalue weighted by Gasteiger charge is -2.25. The van der Waals surface area contributed by atoms with Crippen LogP contribution >= 0.6 is 0 Å². The van der Waals surface area contributed by atoms with Crippen LogP contribution in [0.25, 0.3) is 0 Å². The molecule has 0 aliphatic heterocycles. The van der Waals surface area contributed by atoms with Gasteiger partial charge in [-0.05, 0) is 24.8 Å². The lowest BCUT2D eigenvalue weighted by Crippen LogP contribution is -2.42. The Bertz CT molecular complexity index is 544. The largest absolute Gasteiger partial charge is 0.458 e. The molecule has 0 N–H and O–H groups in total. The first-order valence-corrected chi connectivity index (χ1v) is 7.93. The Morgan fingerprint density at radius 2 is 1.75 bits per heavy atom. The van der Waals surface area contributed by atoms with Crippen LogP contribution in [0.4, 0.5) is 0 Å². The van der Waals surface area contributed by atoms with Crippen LogP contribution in [0, 0.1) is 5.92 Å². The summed E-state index contributed by atoms with van der Waals surface area (Å²) in [6.45, 7) is 5.46. The molecule has 0 radical (unpaired) electrons. The van der Waals surface area contributed by atoms with E-state index in [1.54, 1.807) is 0 Å². The van der Waals surface area contributed by atoms with Gasteiger partial charge in [0, 0.05) is 7.05 Å². The highest BCUT2D eigenvalue weighted by Crippen LogP contribution is 2.12. The second-order valence-corrected chi connectivity index (χ2v) is 6.09. The number of carbonyl (C=O) groups excluding carboxylic acids is 3. The van der Waals surface area contributed by atoms with Crippen molar-refractivity contribution in [2.45, 2.75) is 45.9 Å². The number of carbonyl (C=O) groups is 3. The van der Waals surface area contributed by atoms with Gasteiger partial charge in [-0.3, -0.25) is 4.79 Å². The van der Waals surface area contributed by atoms with Crippen LogP contribution in [0.3, 0.4) is 0 Å². The Hall–Kier alpha value is -2.37. The topological polar surface area (TPSA) is 72.9 Å². The highest BCUT2D eigenvalue weighted by atomic mass is 16.6. The molecular formula is C18H25NO5. The van der Waals surface area contributed by atoms with Crippen molar-refractivity contribution >= 4 is 18.3 Å². The smallest absolute Gasteiger partial charge is 0.347 e. The molecule has 24 heavy (non-hydrogen) atoms. The zero-order valence-corrected chi connectivity index (χ0v) is 14.6. The van der Waals surface area contributed by atoms with E-state index in [9.17, 15) is 14.4 Å². The fraction of sp³-hybridized carbons (Fsp3) is 0.500. The summed E-state index contributed by atoms with van der Waals surface area (Å²) in [7, 11) is 1.51. The standard InChI is InChI=1S/C18H25NO5/c1-13(2)10-16(19(4)12-20)18(22)24-14(3)17(21)23-11-15-8-6-5-7-9-15/h5-9,12-14,16H,10-11H2,1-4H3/t14-,16+/m1/s1. The van der Waals surface area contributed by atoms with Crippen molar-refractivity contribution in [2.24, 2.45) is 5.92 Å². The van der Waals surface area contributed by atoms with E-state index in [2.05, 4.69) is 0 Å². The summed E-state index contributed by atoms with van der Waals surface area (Å²) < 4.78 is 10.3. The number of hydrogen-bond acceptors (Lipinski definition) is 5. The normalized spacial score (nSPS) is 13.0. The van der Waals surface area contributed by atoms with Gasteiger partial charge in [-0.1, -0.05) is 44.2 Å². The fourth-order valence-electron chi connectivity index (χ4n) is 2.10. The van der Waals surface area contributed by atoms with E-state index in [1.807, 2.05) is 44.2 Å². The highest BCUT2D eigenvalue weighted by molar-refractivity contribution is 5.82. The van der Waals surface area contributed by atoms with Gasteiger partial charge >= 0.3 is 11.9 Å². The third-order valence-electron chi connectivity index (χ3n) is 3.47. The minimum absolute atomic E-state index is 0.116. The van der Waals surface area contributed by atoms with Crippen LogP contribution in [-0.2, 0) is 30.5 Å². The predicted octanol–water partition coefficient (Wildman–Crippen LogP) is 2.16. The first kappa shape index (κ1) is 19.7. The zero-order chi connectivity index (χ0) is 18.1. The highest BCUT2D eigenvalue weighted by Gasteiger charge is 2.29. The molecule has 132 valence electrons. The number of amides is 1. The molecule has 1 aromatic carbocycles. The number of esters is 2. The van der Waals surface area contributed by atoms with Crippen molar-refractivity contribution in [3.05, 3.63) is 35.9 Å². The summed E-state index contributed by atoms with van der Waals surface area (Å²) in [5.74, 6) is -1.03. The van der Waals surface area contributed by atoms with Crippen LogP contribution in [0.15, 0.2) is 30.3 Å². The van der Waals surface area contributed by atoms with Crippen molar-refractivity contribution in [1.82, 2.24) is 4.90 Å². The lowest BCUT2D eigenvalue weighted by atomic mass is 10.0. The first-order chi connectivity index (χ1) is 11.3. The van der Waals surface area contributed by atoms with Gasteiger partial charge in [0.05, 0.1) is 0 Å². The second-order valence-electron chi connectivity index (χ2n) is 6.09. The molecule has 0 unspecified atom stereocenters. The summed E-state index contributed by atoms with van der Waals surface area (Å²) >= 11 is 0. The summed E-state index contributed by atoms with van der Waals surface area (Å²) in [4.78, 5) is 36.4. The quantitative estimate of drug-likeness (QED) is 0.511. The molecule has 0 saturated carbocycles. The maximum atomic E-state index is 12.2. The molecule has 2 atom stereocenters. The van der Waals surface area contributed by atoms with Crippen LogP contribution < -0.4 is 0 Å². The van der Waals surface area contributed by atoms with Gasteiger partial charge in [0.2, 0.25) is 6.41 Å². The molecule has 0 aromatic heterocycles. The molecule has 1 aromatic rings. The minimum atomic E-state index is -1.03. The van der Waals surface area contributed by atoms with Gasteiger partial charge in [0.15, 0.2) is 6.10 Å². The second kappa shape index (κ2) is 9.70. The third kappa shape index (κ3) is 6.40. The van der Waals surface area contributed by atoms with E-state index >= 15 is 0 Å². The van der Waals surface area contributed by atoms with E-state index in [-0.39, 0.29) is 12.5 Å². The maximum absolute atomic E-state index is 12.2. The number of benzene rings is 1. The molecule has 0 aliphatic carbocycles. The number of likely N-dealkylation sites (N-methyl/N-ethyl adjacent to an activating group) is 1. The Kier molecular flexibility index (Phi) is 7.95. The molecule has 1 amide bonds. The summed E-state index contributed by atoms with van der Waals surface area (Å²) in [6.07, 6.45) is 0.00273. The SMILES string of the molecule is CC(C)C[C@@H](C(=O)O[C@H](C)C(=O)OCc1ccccc1)N(C)C=O. The van der Waals surface area contributed by atoms with Crippen molar-refractivity contribution in [1.29, 1.82) is 0 Å². The van der Waals surface area contributed by atoms with E-state index in [0.29, 0.717) is 12.8 Å². The van der Waals surface area contributed by atoms with Gasteiger partial charge < -0.3 is 14.4 Å². The minimum Gasteiger partial charge on any atom is -0.458 e. The van der Waals surface area contributed by atoms with Crippen LogP contribution in [0.5, 0.6) is 0 Å². The van der Waals surface area contributed by atoms with Crippen LogP contribution in [0.2, 0.25) is 0 Å². The van der Waals surface area contributed by atoms with Gasteiger partial charge in [0.1, 0.15) is 12.6 Å². The van der Waals surface area contributed by atoms with Crippen LogP contribution in [-0.4, -0.2) is 42.4 Å². The Balaban J connectivity index is 2.56. The molecule has 0 spiro atoms. The average molecular weight is 335 g/mol. The Morgan fingerprint density at radius 1 is 1.12 bits per heavy atom. The molecule has 0 aliphatic rings. The molecule has 0 fully saturated rings. The Labute approximate surface area is 142 Å². The molecular weight excluding hydrogens is 310 g/mol. The van der Waals surface area contributed by atoms with Crippen molar-refractivity contribution in [2.75, 3.05) is 7.05 Å². The third-order valence-corrected chi connectivity index (χ3v) is 3.47. The average Bonchev–Trinajstić information content (AvgIpc) is 2.57. The van der Waals surface area contributed by atoms with Crippen molar-refractivity contribution in [3.8, 4) is 0 Å². The van der Waals surface area contributed by atoms with E-state index < -0.39 is 24.1 Å². The van der Waals surface area contributed by atoms with Crippen molar-refractivity contribution < 1.29 is 23.9 Å². The van der Waals surface area contributed by atoms with Gasteiger partial charge in [-0.15, -0.1) is 0 Å². The van der Waals surface area contributed by atoms with E-state index in [0.717, 1.165) is 5.56 Å². The Morgan fingerprint density at radius 3 is 2.29 bits per heavy atom. The number of ether oxygens (including phenoxy) is 2. The molecule has 0 saturated heterocycles. The fourth-order valence-corrected chi connectivity index (χ4v) is 2.10. The molecule has 6 nitrogen and oxygen atoms in total. The first-order valence-electron chi connectivity index (χ1n) is 7.93. The number of hydrogen-bond donors (Lipinski definition) is 0. The van der Waals surface area contributed by atoms with Gasteiger partial charge in [-0.2, -0.15) is 0 Å². The molecule has 0 bridgehead atoms. The van der Waals surface area contributed by atoms with Gasteiger partial charge in [0.25, 0.3) is 0 Å². The van der Waals surface area contributed by atoms with Crippen molar-refractivity contribution in [3.63, 3.8) is 0 Å². The summed E-state index contributed by atoms with van der Waals surface area (Å²) in [5.41, 5.74) is 0.850. The zero-order valence-electron chi connectivity index (χ0n) is 14.6. The lowest BCUT2D eigenvalue weighted by molar-refractivity contribution is -0.171. The number of nitrogens with zero attached hydrogens (tertiary/aromatic N) is 1. The predicted molar refractivity (Wildman–Crippen MR) is 88.9 cm³/mol. The molecule has 0 heterocycles. The van der Waals surface area contributed by atoms with E-state index in [4.69, 9.17) is 9.47 Å². The molecule has 6 heteroatoms. The maximum Gasteiger partial charge on any atom is 0.347 e. The summed E-state index contributed by atoms with van der Waals surface area (Å²) in [6, 6.07) is 8.51. The molecule has 1 rings (SSSR count). The van der Waals surface area contributed by atoms with Crippen LogP contribution in [0.1, 0.15) is 32.8 Å². The van der Waals surface area contributed by atoms with E-state index in [1.165, 1.54) is 18.9 Å². The van der Waals surface area contributed by atoms with Gasteiger partial charge in [-0.25, -0.2) is 9.59 Å². The summed E-state index contributed by atoms with van der Waals surface area (Å²) in [5, 5.41) is 0. The monoisotopic (exact) mass is 335 g/mol.